The molecule has 0 saturated carbocycles. The number of carbonyl (C=O) groups excluding carboxylic acids is 3. The molecular weight excluding hydrogens is 405 g/mol. The van der Waals surface area contributed by atoms with Gasteiger partial charge in [0.25, 0.3) is 11.5 Å². The smallest absolute Gasteiger partial charge is 0.325 e. The Morgan fingerprint density at radius 1 is 1.28 bits per heavy atom. The Balaban J connectivity index is 1.97. The Morgan fingerprint density at radius 3 is 2.59 bits per heavy atom. The molecule has 12 heteroatoms. The van der Waals surface area contributed by atoms with E-state index >= 15 is 0 Å². The third-order valence-corrected chi connectivity index (χ3v) is 4.22. The van der Waals surface area contributed by atoms with Crippen molar-refractivity contribution in [3.05, 3.63) is 46.0 Å². The molecule has 0 aliphatic carbocycles. The molecule has 1 aromatic heterocycles. The molecule has 29 heavy (non-hydrogen) atoms. The van der Waals surface area contributed by atoms with Crippen molar-refractivity contribution in [2.75, 3.05) is 30.0 Å². The average molecular weight is 423 g/mol. The average Bonchev–Trinajstić information content (AvgIpc) is 2.68. The van der Waals surface area contributed by atoms with Crippen LogP contribution in [0.5, 0.6) is 0 Å². The summed E-state index contributed by atoms with van der Waals surface area (Å²) in [5.41, 5.74) is 4.87. The van der Waals surface area contributed by atoms with Crippen LogP contribution in [0.1, 0.15) is 17.3 Å². The van der Waals surface area contributed by atoms with Crippen LogP contribution in [0.4, 0.5) is 15.9 Å². The molecule has 0 spiro atoms. The second kappa shape index (κ2) is 10.2. The van der Waals surface area contributed by atoms with Gasteiger partial charge in [0.1, 0.15) is 18.0 Å². The van der Waals surface area contributed by atoms with E-state index in [4.69, 9.17) is 5.73 Å². The van der Waals surface area contributed by atoms with E-state index in [0.717, 1.165) is 23.9 Å². The van der Waals surface area contributed by atoms with E-state index in [0.29, 0.717) is 0 Å². The molecule has 0 unspecified atom stereocenters. The van der Waals surface area contributed by atoms with E-state index in [1.807, 2.05) is 0 Å². The lowest BCUT2D eigenvalue weighted by atomic mass is 10.2. The summed E-state index contributed by atoms with van der Waals surface area (Å²) < 4.78 is 17.6. The summed E-state index contributed by atoms with van der Waals surface area (Å²) in [6, 6.07) is 4.71. The summed E-state index contributed by atoms with van der Waals surface area (Å²) >= 11 is 0.882. The molecule has 0 atom stereocenters. The van der Waals surface area contributed by atoms with Crippen LogP contribution >= 0.6 is 11.8 Å². The Bertz CT molecular complexity index is 964. The van der Waals surface area contributed by atoms with Gasteiger partial charge in [0.2, 0.25) is 5.91 Å². The quantitative estimate of drug-likeness (QED) is 0.272. The highest BCUT2D eigenvalue weighted by Gasteiger charge is 2.15. The number of amides is 2. The number of thioether (sulfide) groups is 1. The zero-order valence-electron chi connectivity index (χ0n) is 15.3. The van der Waals surface area contributed by atoms with Crippen molar-refractivity contribution in [3.8, 4) is 0 Å². The summed E-state index contributed by atoms with van der Waals surface area (Å²) in [5, 5.41) is 4.73. The van der Waals surface area contributed by atoms with Crippen molar-refractivity contribution in [3.63, 3.8) is 0 Å². The lowest BCUT2D eigenvalue weighted by Gasteiger charge is -2.09. The number of nitrogens with two attached hydrogens (primary N) is 1. The van der Waals surface area contributed by atoms with Gasteiger partial charge < -0.3 is 21.1 Å². The number of halogens is 1. The number of carbonyl (C=O) groups is 3. The van der Waals surface area contributed by atoms with Crippen LogP contribution in [0, 0.1) is 5.82 Å². The van der Waals surface area contributed by atoms with Crippen LogP contribution in [0.3, 0.4) is 0 Å². The van der Waals surface area contributed by atoms with Gasteiger partial charge in [-0.1, -0.05) is 11.8 Å². The maximum atomic E-state index is 12.9. The summed E-state index contributed by atoms with van der Waals surface area (Å²) in [6.07, 6.45) is 0. The lowest BCUT2D eigenvalue weighted by molar-refractivity contribution is -0.143. The van der Waals surface area contributed by atoms with Crippen LogP contribution < -0.4 is 21.9 Å². The molecule has 10 nitrogen and oxygen atoms in total. The zero-order valence-corrected chi connectivity index (χ0v) is 16.1. The molecule has 2 aromatic rings. The van der Waals surface area contributed by atoms with E-state index in [1.54, 1.807) is 6.92 Å². The number of aromatic amines is 1. The number of nitrogen functional groups attached to an aromatic ring is 1. The highest BCUT2D eigenvalue weighted by molar-refractivity contribution is 7.99. The van der Waals surface area contributed by atoms with Gasteiger partial charge in [-0.15, -0.1) is 0 Å². The minimum absolute atomic E-state index is 0.0542. The van der Waals surface area contributed by atoms with Crippen molar-refractivity contribution in [2.45, 2.75) is 12.1 Å². The minimum atomic E-state index is -0.720. The summed E-state index contributed by atoms with van der Waals surface area (Å²) in [5.74, 6) is -2.60. The Morgan fingerprint density at radius 2 is 1.97 bits per heavy atom. The summed E-state index contributed by atoms with van der Waals surface area (Å²) in [7, 11) is 0. The molecule has 1 heterocycles. The molecule has 1 aromatic carbocycles. The second-order valence-electron chi connectivity index (χ2n) is 5.46. The van der Waals surface area contributed by atoms with Crippen molar-refractivity contribution >= 4 is 41.1 Å². The Kier molecular flexibility index (Phi) is 7.71. The van der Waals surface area contributed by atoms with Gasteiger partial charge in [0.15, 0.2) is 11.0 Å². The molecule has 2 rings (SSSR count). The molecule has 5 N–H and O–H groups in total. The highest BCUT2D eigenvalue weighted by Crippen LogP contribution is 2.17. The van der Waals surface area contributed by atoms with E-state index in [-0.39, 0.29) is 41.1 Å². The van der Waals surface area contributed by atoms with Crippen LogP contribution in [0.2, 0.25) is 0 Å². The molecule has 0 radical (unpaired) electrons. The fourth-order valence-electron chi connectivity index (χ4n) is 2.01. The fraction of sp³-hybridized carbons (Fsp3) is 0.235. The number of hydrogen-bond donors (Lipinski definition) is 4. The van der Waals surface area contributed by atoms with Gasteiger partial charge in [-0.05, 0) is 31.2 Å². The standard InChI is InChI=1S/C17H18FN5O5S/c1-2-28-12(25)7-20-11(24)8-29-17-22-14(19)13(16(27)23-17)21-15(26)9-3-5-10(18)6-4-9/h3-6H,2,7-8H2,1H3,(H,20,24)(H,21,26)(H3,19,22,23,27). The summed E-state index contributed by atoms with van der Waals surface area (Å²) in [4.78, 5) is 53.5. The van der Waals surface area contributed by atoms with Crippen LogP contribution in [0.25, 0.3) is 0 Å². The molecule has 0 aliphatic rings. The molecule has 0 aliphatic heterocycles. The molecule has 0 fully saturated rings. The maximum absolute atomic E-state index is 12.9. The van der Waals surface area contributed by atoms with Crippen LogP contribution in [-0.2, 0) is 14.3 Å². The number of nitrogens with one attached hydrogen (secondary N) is 3. The fourth-order valence-corrected chi connectivity index (χ4v) is 2.71. The number of aromatic nitrogens is 2. The topological polar surface area (TPSA) is 156 Å². The molecule has 0 saturated heterocycles. The van der Waals surface area contributed by atoms with E-state index in [1.165, 1.54) is 12.1 Å². The molecule has 154 valence electrons. The van der Waals surface area contributed by atoms with E-state index in [9.17, 15) is 23.6 Å². The third-order valence-electron chi connectivity index (χ3n) is 3.35. The normalized spacial score (nSPS) is 10.3. The number of esters is 1. The van der Waals surface area contributed by atoms with Crippen molar-refractivity contribution in [1.29, 1.82) is 0 Å². The van der Waals surface area contributed by atoms with Crippen LogP contribution in [0.15, 0.2) is 34.2 Å². The number of anilines is 2. The number of ether oxygens (including phenoxy) is 1. The lowest BCUT2D eigenvalue weighted by Crippen LogP contribution is -2.32. The number of hydrogen-bond acceptors (Lipinski definition) is 8. The Hall–Kier alpha value is -3.41. The predicted octanol–water partition coefficient (Wildman–Crippen LogP) is 0.515. The molecular formula is C17H18FN5O5S. The molecule has 0 bridgehead atoms. The first-order chi connectivity index (χ1) is 13.8. The number of nitrogens with zero attached hydrogens (tertiary/aromatic N) is 1. The van der Waals surface area contributed by atoms with Gasteiger partial charge >= 0.3 is 5.97 Å². The van der Waals surface area contributed by atoms with E-state index < -0.39 is 29.2 Å². The number of benzene rings is 1. The first-order valence-corrected chi connectivity index (χ1v) is 9.30. The Labute approximate surface area is 168 Å². The molecule has 2 amide bonds. The van der Waals surface area contributed by atoms with Gasteiger partial charge in [-0.25, -0.2) is 9.37 Å². The largest absolute Gasteiger partial charge is 0.465 e. The van der Waals surface area contributed by atoms with Gasteiger partial charge in [0.05, 0.1) is 12.4 Å². The van der Waals surface area contributed by atoms with E-state index in [2.05, 4.69) is 25.3 Å². The first-order valence-electron chi connectivity index (χ1n) is 8.32. The summed E-state index contributed by atoms with van der Waals surface area (Å²) in [6.45, 7) is 1.58. The SMILES string of the molecule is CCOC(=O)CNC(=O)CSc1nc(N)c(NC(=O)c2ccc(F)cc2)c(=O)[nH]1. The monoisotopic (exact) mass is 423 g/mol. The van der Waals surface area contributed by atoms with Crippen molar-refractivity contribution < 1.29 is 23.5 Å². The number of H-pyrrole nitrogens is 1. The second-order valence-corrected chi connectivity index (χ2v) is 6.43. The number of rotatable bonds is 8. The van der Waals surface area contributed by atoms with Gasteiger partial charge in [-0.3, -0.25) is 24.2 Å². The van der Waals surface area contributed by atoms with Gasteiger partial charge in [0, 0.05) is 5.56 Å². The van der Waals surface area contributed by atoms with Crippen LogP contribution in [-0.4, -0.2) is 46.7 Å². The third kappa shape index (κ3) is 6.60. The first kappa shape index (κ1) is 21.9. The van der Waals surface area contributed by atoms with Crippen molar-refractivity contribution in [1.82, 2.24) is 15.3 Å². The van der Waals surface area contributed by atoms with Gasteiger partial charge in [-0.2, -0.15) is 0 Å². The zero-order chi connectivity index (χ0) is 21.4. The highest BCUT2D eigenvalue weighted by atomic mass is 32.2. The van der Waals surface area contributed by atoms with Crippen molar-refractivity contribution in [2.24, 2.45) is 0 Å². The predicted molar refractivity (Wildman–Crippen MR) is 104 cm³/mol. The minimum Gasteiger partial charge on any atom is -0.465 e. The maximum Gasteiger partial charge on any atom is 0.325 e.